The molecule has 0 amide bonds. The SMILES string of the molecule is O=C(O)Cc1c(C(F)(F)F)n(C(=O)c2ccc(Cl)cc2)c2ccc(O)cc12. The Morgan fingerprint density at radius 2 is 1.70 bits per heavy atom. The number of hydrogen-bond acceptors (Lipinski definition) is 3. The highest BCUT2D eigenvalue weighted by molar-refractivity contribution is 6.30. The first-order valence-electron chi connectivity index (χ1n) is 7.55. The lowest BCUT2D eigenvalue weighted by molar-refractivity contribution is -0.143. The molecule has 0 atom stereocenters. The van der Waals surface area contributed by atoms with E-state index in [2.05, 4.69) is 0 Å². The van der Waals surface area contributed by atoms with Crippen LogP contribution in [0.15, 0.2) is 42.5 Å². The van der Waals surface area contributed by atoms with Crippen LogP contribution in [-0.2, 0) is 17.4 Å². The van der Waals surface area contributed by atoms with Gasteiger partial charge < -0.3 is 10.2 Å². The molecule has 0 spiro atoms. The molecule has 140 valence electrons. The predicted molar refractivity (Wildman–Crippen MR) is 91.1 cm³/mol. The van der Waals surface area contributed by atoms with Gasteiger partial charge in [-0.25, -0.2) is 0 Å². The van der Waals surface area contributed by atoms with Crippen LogP contribution in [0, 0.1) is 0 Å². The minimum Gasteiger partial charge on any atom is -0.508 e. The number of alkyl halides is 3. The highest BCUT2D eigenvalue weighted by atomic mass is 35.5. The standard InChI is InChI=1S/C18H11ClF3NO4/c19-10-3-1-9(2-4-10)17(27)23-14-6-5-11(24)7-12(14)13(8-15(25)26)16(23)18(20,21)22/h1-7,24H,8H2,(H,25,26). The van der Waals surface area contributed by atoms with Crippen LogP contribution in [-0.4, -0.2) is 26.7 Å². The van der Waals surface area contributed by atoms with E-state index in [4.69, 9.17) is 16.7 Å². The molecule has 3 aromatic rings. The topological polar surface area (TPSA) is 79.5 Å². The van der Waals surface area contributed by atoms with Crippen molar-refractivity contribution in [2.45, 2.75) is 12.6 Å². The average Bonchev–Trinajstić information content (AvgIpc) is 2.88. The lowest BCUT2D eigenvalue weighted by Crippen LogP contribution is -2.22. The van der Waals surface area contributed by atoms with E-state index in [1.54, 1.807) is 0 Å². The van der Waals surface area contributed by atoms with Crippen molar-refractivity contribution in [3.05, 3.63) is 64.3 Å². The number of carbonyl (C=O) groups is 2. The number of fused-ring (bicyclic) bond motifs is 1. The minimum atomic E-state index is -5.00. The smallest absolute Gasteiger partial charge is 0.432 e. The van der Waals surface area contributed by atoms with E-state index >= 15 is 0 Å². The van der Waals surface area contributed by atoms with Crippen molar-refractivity contribution in [3.63, 3.8) is 0 Å². The summed E-state index contributed by atoms with van der Waals surface area (Å²) in [5, 5.41) is 18.8. The number of aromatic nitrogens is 1. The molecular formula is C18H11ClF3NO4. The molecule has 2 aromatic carbocycles. The van der Waals surface area contributed by atoms with Crippen molar-refractivity contribution in [1.82, 2.24) is 4.57 Å². The maximum Gasteiger partial charge on any atom is 0.432 e. The van der Waals surface area contributed by atoms with E-state index in [1.807, 2.05) is 0 Å². The molecule has 0 unspecified atom stereocenters. The molecule has 0 saturated heterocycles. The highest BCUT2D eigenvalue weighted by Crippen LogP contribution is 2.40. The molecule has 2 N–H and O–H groups in total. The Balaban J connectivity index is 2.38. The van der Waals surface area contributed by atoms with Gasteiger partial charge >= 0.3 is 12.1 Å². The third kappa shape index (κ3) is 3.48. The largest absolute Gasteiger partial charge is 0.508 e. The molecule has 3 rings (SSSR count). The second-order valence-corrected chi connectivity index (χ2v) is 6.18. The Morgan fingerprint density at radius 3 is 2.26 bits per heavy atom. The quantitative estimate of drug-likeness (QED) is 0.689. The number of nitrogens with zero attached hydrogens (tertiary/aromatic N) is 1. The van der Waals surface area contributed by atoms with Gasteiger partial charge in [-0.2, -0.15) is 13.2 Å². The summed E-state index contributed by atoms with van der Waals surface area (Å²) in [7, 11) is 0. The van der Waals surface area contributed by atoms with Crippen LogP contribution in [0.2, 0.25) is 5.02 Å². The summed E-state index contributed by atoms with van der Waals surface area (Å²) in [6, 6.07) is 8.53. The Morgan fingerprint density at radius 1 is 1.07 bits per heavy atom. The number of hydrogen-bond donors (Lipinski definition) is 2. The normalized spacial score (nSPS) is 11.7. The van der Waals surface area contributed by atoms with Gasteiger partial charge in [0.2, 0.25) is 0 Å². The number of halogens is 4. The summed E-state index contributed by atoms with van der Waals surface area (Å²) in [5.41, 5.74) is -2.19. The second-order valence-electron chi connectivity index (χ2n) is 5.74. The zero-order valence-electron chi connectivity index (χ0n) is 13.4. The van der Waals surface area contributed by atoms with Crippen LogP contribution in [0.5, 0.6) is 5.75 Å². The summed E-state index contributed by atoms with van der Waals surface area (Å²) < 4.78 is 41.8. The van der Waals surface area contributed by atoms with Gasteiger partial charge in [-0.05, 0) is 42.5 Å². The second kappa shape index (κ2) is 6.62. The van der Waals surface area contributed by atoms with Crippen molar-refractivity contribution in [3.8, 4) is 5.75 Å². The monoisotopic (exact) mass is 397 g/mol. The summed E-state index contributed by atoms with van der Waals surface area (Å²) in [4.78, 5) is 24.0. The Labute approximate surface area is 155 Å². The lowest BCUT2D eigenvalue weighted by Gasteiger charge is -2.13. The van der Waals surface area contributed by atoms with Crippen LogP contribution in [0.1, 0.15) is 21.6 Å². The van der Waals surface area contributed by atoms with Crippen molar-refractivity contribution in [1.29, 1.82) is 0 Å². The van der Waals surface area contributed by atoms with Gasteiger partial charge in [-0.15, -0.1) is 0 Å². The van der Waals surface area contributed by atoms with Crippen LogP contribution < -0.4 is 0 Å². The van der Waals surface area contributed by atoms with Gasteiger partial charge in [0.15, 0.2) is 0 Å². The minimum absolute atomic E-state index is 0.0586. The first kappa shape index (κ1) is 18.8. The number of aromatic hydroxyl groups is 1. The van der Waals surface area contributed by atoms with Crippen molar-refractivity contribution in [2.24, 2.45) is 0 Å². The van der Waals surface area contributed by atoms with E-state index in [1.165, 1.54) is 24.3 Å². The fourth-order valence-corrected chi connectivity index (χ4v) is 3.03. The van der Waals surface area contributed by atoms with Crippen LogP contribution in [0.25, 0.3) is 10.9 Å². The third-order valence-electron chi connectivity index (χ3n) is 3.95. The molecule has 0 fully saturated rings. The average molecular weight is 398 g/mol. The summed E-state index contributed by atoms with van der Waals surface area (Å²) >= 11 is 5.75. The molecule has 5 nitrogen and oxygen atoms in total. The zero-order chi connectivity index (χ0) is 19.9. The maximum absolute atomic E-state index is 13.8. The molecule has 0 aliphatic heterocycles. The number of aliphatic carboxylic acids is 1. The number of benzene rings is 2. The van der Waals surface area contributed by atoms with Crippen molar-refractivity contribution < 1.29 is 33.0 Å². The van der Waals surface area contributed by atoms with Crippen LogP contribution in [0.3, 0.4) is 0 Å². The van der Waals surface area contributed by atoms with E-state index in [9.17, 15) is 27.9 Å². The fourth-order valence-electron chi connectivity index (χ4n) is 2.90. The Bertz CT molecular complexity index is 1060. The van der Waals surface area contributed by atoms with Crippen molar-refractivity contribution >= 4 is 34.4 Å². The summed E-state index contributed by atoms with van der Waals surface area (Å²) in [5.74, 6) is -2.84. The van der Waals surface area contributed by atoms with Crippen LogP contribution in [0.4, 0.5) is 13.2 Å². The maximum atomic E-state index is 13.8. The summed E-state index contributed by atoms with van der Waals surface area (Å²) in [6.07, 6.45) is -5.96. The fraction of sp³-hybridized carbons (Fsp3) is 0.111. The van der Waals surface area contributed by atoms with E-state index in [0.29, 0.717) is 9.59 Å². The molecule has 0 aliphatic rings. The predicted octanol–water partition coefficient (Wildman–Crippen LogP) is 4.33. The van der Waals surface area contributed by atoms with E-state index in [0.717, 1.165) is 18.2 Å². The summed E-state index contributed by atoms with van der Waals surface area (Å²) in [6.45, 7) is 0. The highest BCUT2D eigenvalue weighted by Gasteiger charge is 2.41. The molecule has 9 heteroatoms. The number of rotatable bonds is 3. The molecule has 27 heavy (non-hydrogen) atoms. The Kier molecular flexibility index (Phi) is 4.61. The molecule has 0 saturated carbocycles. The van der Waals surface area contributed by atoms with Gasteiger partial charge in [-0.3, -0.25) is 14.2 Å². The number of carboxylic acid groups (broad SMARTS) is 1. The first-order valence-corrected chi connectivity index (χ1v) is 7.93. The Hall–Kier alpha value is -3.00. The van der Waals surface area contributed by atoms with Gasteiger partial charge in [-0.1, -0.05) is 11.6 Å². The number of phenolic OH excluding ortho intramolecular Hbond substituents is 1. The first-order chi connectivity index (χ1) is 12.6. The molecule has 1 heterocycles. The van der Waals surface area contributed by atoms with E-state index < -0.39 is 35.7 Å². The third-order valence-corrected chi connectivity index (χ3v) is 4.20. The van der Waals surface area contributed by atoms with Crippen LogP contribution >= 0.6 is 11.6 Å². The number of phenols is 1. The molecule has 0 bridgehead atoms. The van der Waals surface area contributed by atoms with E-state index in [-0.39, 0.29) is 22.2 Å². The molecule has 0 aliphatic carbocycles. The zero-order valence-corrected chi connectivity index (χ0v) is 14.2. The lowest BCUT2D eigenvalue weighted by atomic mass is 10.1. The van der Waals surface area contributed by atoms with Gasteiger partial charge in [0.05, 0.1) is 11.9 Å². The number of carbonyl (C=O) groups excluding carboxylic acids is 1. The van der Waals surface area contributed by atoms with Gasteiger partial charge in [0.25, 0.3) is 5.91 Å². The molecule has 0 radical (unpaired) electrons. The molecule has 1 aromatic heterocycles. The van der Waals surface area contributed by atoms with Crippen molar-refractivity contribution in [2.75, 3.05) is 0 Å². The van der Waals surface area contributed by atoms with Gasteiger partial charge in [0.1, 0.15) is 11.4 Å². The van der Waals surface area contributed by atoms with Gasteiger partial charge in [0, 0.05) is 21.5 Å². The molecular weight excluding hydrogens is 387 g/mol. The number of carboxylic acids is 1.